The molecule has 148 valence electrons. The van der Waals surface area contributed by atoms with Crippen molar-refractivity contribution in [3.05, 3.63) is 77.4 Å². The van der Waals surface area contributed by atoms with E-state index >= 15 is 0 Å². The van der Waals surface area contributed by atoms with E-state index in [1.165, 1.54) is 34.2 Å². The minimum Gasteiger partial charge on any atom is -0.272 e. The molecule has 5 nitrogen and oxygen atoms in total. The molecule has 1 N–H and O–H groups in total. The van der Waals surface area contributed by atoms with Gasteiger partial charge in [0.15, 0.2) is 8.68 Å². The first-order chi connectivity index (χ1) is 14.2. The highest BCUT2D eigenvalue weighted by molar-refractivity contribution is 8.03. The summed E-state index contributed by atoms with van der Waals surface area (Å²) in [4.78, 5) is 11.9. The van der Waals surface area contributed by atoms with Crippen LogP contribution in [0, 0.1) is 6.92 Å². The molecule has 3 rings (SSSR count). The van der Waals surface area contributed by atoms with Crippen LogP contribution in [0.25, 0.3) is 6.08 Å². The van der Waals surface area contributed by atoms with Crippen molar-refractivity contribution in [1.82, 2.24) is 15.6 Å². The smallest absolute Gasteiger partial charge is 0.250 e. The van der Waals surface area contributed by atoms with E-state index in [4.69, 9.17) is 0 Å². The van der Waals surface area contributed by atoms with Crippen LogP contribution in [-0.4, -0.2) is 28.1 Å². The summed E-state index contributed by atoms with van der Waals surface area (Å²) in [6, 6.07) is 18.4. The molecule has 0 bridgehead atoms. The molecule has 0 aliphatic heterocycles. The molecule has 1 amide bonds. The Labute approximate surface area is 182 Å². The van der Waals surface area contributed by atoms with Gasteiger partial charge in [0.25, 0.3) is 5.91 Å². The molecule has 2 aromatic carbocycles. The number of allylic oxidation sites excluding steroid dienone is 1. The van der Waals surface area contributed by atoms with Crippen LogP contribution in [0.3, 0.4) is 0 Å². The minimum atomic E-state index is -0.177. The summed E-state index contributed by atoms with van der Waals surface area (Å²) in [5, 5.41) is 12.2. The number of benzene rings is 2. The third-order valence-corrected chi connectivity index (χ3v) is 6.90. The van der Waals surface area contributed by atoms with E-state index in [1.54, 1.807) is 24.1 Å². The number of carbonyl (C=O) groups is 1. The molecule has 0 fully saturated rings. The Morgan fingerprint density at radius 3 is 2.55 bits per heavy atom. The van der Waals surface area contributed by atoms with E-state index < -0.39 is 0 Å². The number of hydrogen-bond donors (Lipinski definition) is 1. The molecule has 8 heteroatoms. The summed E-state index contributed by atoms with van der Waals surface area (Å²) in [6.45, 7) is 2.08. The zero-order valence-corrected chi connectivity index (χ0v) is 18.3. The average molecular weight is 441 g/mol. The summed E-state index contributed by atoms with van der Waals surface area (Å²) < 4.78 is 1.68. The average Bonchev–Trinajstić information content (AvgIpc) is 3.20. The molecule has 1 heterocycles. The third-order valence-electron chi connectivity index (χ3n) is 3.64. The van der Waals surface area contributed by atoms with Crippen molar-refractivity contribution in [3.8, 4) is 0 Å². The molecule has 0 aliphatic carbocycles. The molecule has 0 saturated heterocycles. The summed E-state index contributed by atoms with van der Waals surface area (Å²) in [6.07, 6.45) is 5.26. The van der Waals surface area contributed by atoms with Crippen LogP contribution >= 0.6 is 34.9 Å². The van der Waals surface area contributed by atoms with Gasteiger partial charge in [0.1, 0.15) is 0 Å². The number of nitrogens with zero attached hydrogens (tertiary/aromatic N) is 3. The lowest BCUT2D eigenvalue weighted by Gasteiger charge is -1.99. The van der Waals surface area contributed by atoms with Gasteiger partial charge in [-0.3, -0.25) is 4.79 Å². The van der Waals surface area contributed by atoms with Gasteiger partial charge in [0, 0.05) is 12.0 Å². The predicted molar refractivity (Wildman–Crippen MR) is 123 cm³/mol. The molecule has 0 spiro atoms. The van der Waals surface area contributed by atoms with Crippen molar-refractivity contribution in [3.63, 3.8) is 0 Å². The highest BCUT2D eigenvalue weighted by Gasteiger charge is 2.08. The molecular formula is C21H20N4OS3. The largest absolute Gasteiger partial charge is 0.272 e. The second kappa shape index (κ2) is 11.5. The van der Waals surface area contributed by atoms with Crippen LogP contribution in [0.15, 0.2) is 74.5 Å². The van der Waals surface area contributed by atoms with E-state index in [0.29, 0.717) is 0 Å². The molecule has 0 unspecified atom stereocenters. The van der Waals surface area contributed by atoms with Crippen LogP contribution in [0.1, 0.15) is 16.7 Å². The normalized spacial score (nSPS) is 11.3. The van der Waals surface area contributed by atoms with Crippen molar-refractivity contribution >= 4 is 53.1 Å². The van der Waals surface area contributed by atoms with E-state index in [0.717, 1.165) is 20.0 Å². The first-order valence-electron chi connectivity index (χ1n) is 8.87. The Hall–Kier alpha value is -2.42. The van der Waals surface area contributed by atoms with Crippen molar-refractivity contribution in [1.29, 1.82) is 0 Å². The summed E-state index contributed by atoms with van der Waals surface area (Å²) >= 11 is 4.51. The quantitative estimate of drug-likeness (QED) is 0.287. The molecular weight excluding hydrogens is 420 g/mol. The van der Waals surface area contributed by atoms with Crippen LogP contribution < -0.4 is 5.43 Å². The number of hydrogen-bond acceptors (Lipinski definition) is 7. The van der Waals surface area contributed by atoms with Crippen LogP contribution in [-0.2, 0) is 10.5 Å². The number of amides is 1. The zero-order chi connectivity index (χ0) is 20.3. The summed E-state index contributed by atoms with van der Waals surface area (Å²) in [5.41, 5.74) is 6.09. The van der Waals surface area contributed by atoms with Crippen LogP contribution in [0.2, 0.25) is 0 Å². The maximum Gasteiger partial charge on any atom is 0.250 e. The lowest BCUT2D eigenvalue weighted by Crippen LogP contribution is -2.19. The highest BCUT2D eigenvalue weighted by Crippen LogP contribution is 2.30. The molecule has 0 radical (unpaired) electrons. The van der Waals surface area contributed by atoms with Crippen LogP contribution in [0.4, 0.5) is 0 Å². The highest BCUT2D eigenvalue weighted by atomic mass is 32.2. The fourth-order valence-corrected chi connectivity index (χ4v) is 4.94. The Morgan fingerprint density at radius 1 is 1.07 bits per heavy atom. The van der Waals surface area contributed by atoms with Gasteiger partial charge in [-0.05, 0) is 24.1 Å². The zero-order valence-electron chi connectivity index (χ0n) is 15.8. The van der Waals surface area contributed by atoms with Gasteiger partial charge in [0.05, 0.1) is 5.75 Å². The molecule has 0 atom stereocenters. The first-order valence-corrected chi connectivity index (χ1v) is 11.7. The van der Waals surface area contributed by atoms with Crippen molar-refractivity contribution in [2.24, 2.45) is 5.10 Å². The lowest BCUT2D eigenvalue weighted by molar-refractivity contribution is -0.118. The topological polar surface area (TPSA) is 67.2 Å². The Balaban J connectivity index is 1.36. The molecule has 3 aromatic rings. The Morgan fingerprint density at radius 2 is 1.79 bits per heavy atom. The van der Waals surface area contributed by atoms with Gasteiger partial charge in [-0.2, -0.15) is 5.10 Å². The van der Waals surface area contributed by atoms with Gasteiger partial charge in [-0.25, -0.2) is 5.43 Å². The summed E-state index contributed by atoms with van der Waals surface area (Å²) in [5.74, 6) is 0.922. The van der Waals surface area contributed by atoms with Crippen molar-refractivity contribution < 1.29 is 4.79 Å². The lowest BCUT2D eigenvalue weighted by atomic mass is 10.2. The standard InChI is InChI=1S/C21H20N4OS3/c1-16-9-11-18(12-10-16)14-27-20-24-25-21(29-20)28-15-19(26)23-22-13-5-8-17-6-3-2-4-7-17/h2-13H,14-15H2,1H3,(H,23,26)/b8-5+,22-13+. The third kappa shape index (κ3) is 7.84. The number of aryl methyl sites for hydroxylation is 1. The minimum absolute atomic E-state index is 0.177. The Bertz CT molecular complexity index is 969. The maximum absolute atomic E-state index is 11.9. The first kappa shape index (κ1) is 21.3. The van der Waals surface area contributed by atoms with Gasteiger partial charge in [-0.1, -0.05) is 101 Å². The Kier molecular flexibility index (Phi) is 8.48. The van der Waals surface area contributed by atoms with Gasteiger partial charge in [0.2, 0.25) is 0 Å². The van der Waals surface area contributed by atoms with Gasteiger partial charge in [-0.15, -0.1) is 10.2 Å². The van der Waals surface area contributed by atoms with E-state index in [9.17, 15) is 4.79 Å². The van der Waals surface area contributed by atoms with Crippen molar-refractivity contribution in [2.45, 2.75) is 21.4 Å². The number of thioether (sulfide) groups is 2. The van der Waals surface area contributed by atoms with E-state index in [2.05, 4.69) is 51.9 Å². The number of nitrogens with one attached hydrogen (secondary N) is 1. The fraction of sp³-hybridized carbons (Fsp3) is 0.143. The SMILES string of the molecule is Cc1ccc(CSc2nnc(SCC(=O)N/N=C/C=C/c3ccccc3)s2)cc1. The van der Waals surface area contributed by atoms with Crippen molar-refractivity contribution in [2.75, 3.05) is 5.75 Å². The number of carbonyl (C=O) groups excluding carboxylic acids is 1. The maximum atomic E-state index is 11.9. The monoisotopic (exact) mass is 440 g/mol. The predicted octanol–water partition coefficient (Wildman–Crippen LogP) is 5.05. The second-order valence-corrected chi connectivity index (χ2v) is 9.40. The van der Waals surface area contributed by atoms with Gasteiger partial charge < -0.3 is 0 Å². The fourth-order valence-electron chi connectivity index (χ4n) is 2.17. The number of aromatic nitrogens is 2. The van der Waals surface area contributed by atoms with E-state index in [-0.39, 0.29) is 11.7 Å². The van der Waals surface area contributed by atoms with Crippen LogP contribution in [0.5, 0.6) is 0 Å². The van der Waals surface area contributed by atoms with E-state index in [1.807, 2.05) is 36.4 Å². The molecule has 1 aromatic heterocycles. The summed E-state index contributed by atoms with van der Waals surface area (Å²) in [7, 11) is 0. The second-order valence-electron chi connectivity index (χ2n) is 5.98. The molecule has 0 aliphatic rings. The van der Waals surface area contributed by atoms with Gasteiger partial charge >= 0.3 is 0 Å². The number of rotatable bonds is 9. The number of hydrazone groups is 1. The molecule has 29 heavy (non-hydrogen) atoms. The molecule has 0 saturated carbocycles.